The van der Waals surface area contributed by atoms with Gasteiger partial charge in [0.15, 0.2) is 0 Å². The normalized spacial score (nSPS) is 24.6. The Kier molecular flexibility index (Phi) is 5.14. The summed E-state index contributed by atoms with van der Waals surface area (Å²) in [6, 6.07) is 0. The second kappa shape index (κ2) is 6.18. The summed E-state index contributed by atoms with van der Waals surface area (Å²) in [5.41, 5.74) is 4.87. The van der Waals surface area contributed by atoms with Crippen molar-refractivity contribution in [3.05, 3.63) is 0 Å². The molecule has 0 aromatic carbocycles. The topological polar surface area (TPSA) is 73.8 Å². The van der Waals surface area contributed by atoms with Crippen molar-refractivity contribution in [3.8, 4) is 0 Å². The van der Waals surface area contributed by atoms with Crippen LogP contribution in [-0.4, -0.2) is 37.1 Å². The number of piperidine rings is 1. The highest BCUT2D eigenvalue weighted by Crippen LogP contribution is 2.09. The Morgan fingerprint density at radius 1 is 1.28 bits per heavy atom. The molecule has 18 heavy (non-hydrogen) atoms. The van der Waals surface area contributed by atoms with E-state index in [1.165, 1.54) is 4.90 Å². The molecule has 0 aromatic heterocycles. The molecule has 0 aromatic rings. The average Bonchev–Trinajstić information content (AvgIpc) is 2.24. The van der Waals surface area contributed by atoms with Crippen molar-refractivity contribution in [1.82, 2.24) is 0 Å². The van der Waals surface area contributed by atoms with Gasteiger partial charge in [-0.2, -0.15) is 0 Å². The predicted octanol–water partition coefficient (Wildman–Crippen LogP) is -0.502. The number of ether oxygens (including phenoxy) is 1. The summed E-state index contributed by atoms with van der Waals surface area (Å²) in [5.74, 6) is -0.316. The third-order valence-corrected chi connectivity index (χ3v) is 3.20. The van der Waals surface area contributed by atoms with Crippen LogP contribution < -0.4 is 10.6 Å². The summed E-state index contributed by atoms with van der Waals surface area (Å²) in [4.78, 5) is 23.9. The zero-order chi connectivity index (χ0) is 13.8. The number of primary amides is 1. The molecule has 0 aliphatic carbocycles. The molecule has 0 bridgehead atoms. The zero-order valence-electron chi connectivity index (χ0n) is 11.6. The van der Waals surface area contributed by atoms with Crippen LogP contribution in [-0.2, 0) is 14.3 Å². The van der Waals surface area contributed by atoms with Gasteiger partial charge in [0.1, 0.15) is 5.60 Å². The van der Waals surface area contributed by atoms with Crippen LogP contribution in [0, 0.1) is 5.92 Å². The molecule has 1 saturated heterocycles. The van der Waals surface area contributed by atoms with Gasteiger partial charge in [0.25, 0.3) is 0 Å². The largest absolute Gasteiger partial charge is 0.460 e. The van der Waals surface area contributed by atoms with E-state index in [0.29, 0.717) is 6.42 Å². The molecule has 1 amide bonds. The van der Waals surface area contributed by atoms with Gasteiger partial charge in [-0.3, -0.25) is 9.59 Å². The Balaban J connectivity index is 2.22. The number of amides is 1. The molecule has 1 heterocycles. The summed E-state index contributed by atoms with van der Waals surface area (Å²) in [6.07, 6.45) is 2.10. The van der Waals surface area contributed by atoms with Gasteiger partial charge in [-0.25, -0.2) is 0 Å². The van der Waals surface area contributed by atoms with Crippen molar-refractivity contribution in [1.29, 1.82) is 0 Å². The summed E-state index contributed by atoms with van der Waals surface area (Å²) in [6.45, 7) is 8.22. The SMILES string of the molecule is CC(C)(C)OC(=O)CC[NH+]1CCC(C(N)=O)CC1. The van der Waals surface area contributed by atoms with Crippen LogP contribution in [0.25, 0.3) is 0 Å². The lowest BCUT2D eigenvalue weighted by Crippen LogP contribution is -3.13. The molecule has 1 aliphatic heterocycles. The van der Waals surface area contributed by atoms with Crippen molar-refractivity contribution in [3.63, 3.8) is 0 Å². The first-order valence-electron chi connectivity index (χ1n) is 6.62. The van der Waals surface area contributed by atoms with E-state index in [4.69, 9.17) is 10.5 Å². The number of likely N-dealkylation sites (tertiary alicyclic amines) is 1. The van der Waals surface area contributed by atoms with Crippen molar-refractivity contribution in [2.24, 2.45) is 11.7 Å². The molecule has 3 N–H and O–H groups in total. The first kappa shape index (κ1) is 15.0. The lowest BCUT2D eigenvalue weighted by atomic mass is 9.96. The van der Waals surface area contributed by atoms with Crippen LogP contribution >= 0.6 is 0 Å². The average molecular weight is 257 g/mol. The molecule has 0 saturated carbocycles. The van der Waals surface area contributed by atoms with Gasteiger partial charge in [0.2, 0.25) is 5.91 Å². The maximum absolute atomic E-state index is 11.6. The monoisotopic (exact) mass is 257 g/mol. The number of hydrogen-bond donors (Lipinski definition) is 2. The maximum Gasteiger partial charge on any atom is 0.312 e. The lowest BCUT2D eigenvalue weighted by Gasteiger charge is -2.27. The molecule has 5 nitrogen and oxygen atoms in total. The van der Waals surface area contributed by atoms with Gasteiger partial charge < -0.3 is 15.4 Å². The molecule has 1 fully saturated rings. The van der Waals surface area contributed by atoms with Gasteiger partial charge in [-0.1, -0.05) is 0 Å². The van der Waals surface area contributed by atoms with Gasteiger partial charge in [-0.15, -0.1) is 0 Å². The molecule has 1 rings (SSSR count). The van der Waals surface area contributed by atoms with E-state index in [1.54, 1.807) is 0 Å². The maximum atomic E-state index is 11.6. The van der Waals surface area contributed by atoms with Crippen LogP contribution in [0.5, 0.6) is 0 Å². The van der Waals surface area contributed by atoms with Crippen molar-refractivity contribution in [2.45, 2.75) is 45.6 Å². The number of nitrogens with one attached hydrogen (secondary N) is 1. The van der Waals surface area contributed by atoms with E-state index in [2.05, 4.69) is 0 Å². The second-order valence-corrected chi connectivity index (χ2v) is 6.01. The standard InChI is InChI=1S/C13H24N2O3/c1-13(2,3)18-11(16)6-9-15-7-4-10(5-8-15)12(14)17/h10H,4-9H2,1-3H3,(H2,14,17)/p+1. The number of quaternary nitrogens is 1. The smallest absolute Gasteiger partial charge is 0.312 e. The van der Waals surface area contributed by atoms with E-state index >= 15 is 0 Å². The number of carbonyl (C=O) groups excluding carboxylic acids is 2. The van der Waals surface area contributed by atoms with Gasteiger partial charge in [0, 0.05) is 18.8 Å². The molecule has 0 atom stereocenters. The Hall–Kier alpha value is -1.10. The van der Waals surface area contributed by atoms with Crippen molar-refractivity contribution < 1.29 is 19.2 Å². The van der Waals surface area contributed by atoms with Gasteiger partial charge in [0.05, 0.1) is 26.1 Å². The number of carbonyl (C=O) groups is 2. The molecule has 104 valence electrons. The summed E-state index contributed by atoms with van der Waals surface area (Å²) in [5, 5.41) is 0. The van der Waals surface area contributed by atoms with E-state index in [1.807, 2.05) is 20.8 Å². The zero-order valence-corrected chi connectivity index (χ0v) is 11.6. The fraction of sp³-hybridized carbons (Fsp3) is 0.846. The van der Waals surface area contributed by atoms with E-state index < -0.39 is 5.60 Å². The van der Waals surface area contributed by atoms with Crippen molar-refractivity contribution >= 4 is 11.9 Å². The molecule has 1 aliphatic rings. The van der Waals surface area contributed by atoms with Crippen LogP contribution in [0.2, 0.25) is 0 Å². The lowest BCUT2D eigenvalue weighted by molar-refractivity contribution is -0.905. The third-order valence-electron chi connectivity index (χ3n) is 3.20. The van der Waals surface area contributed by atoms with Gasteiger partial charge in [-0.05, 0) is 20.8 Å². The number of hydrogen-bond acceptors (Lipinski definition) is 3. The highest BCUT2D eigenvalue weighted by molar-refractivity contribution is 5.76. The van der Waals surface area contributed by atoms with Crippen LogP contribution in [0.4, 0.5) is 0 Å². The second-order valence-electron chi connectivity index (χ2n) is 6.01. The third kappa shape index (κ3) is 5.49. The summed E-state index contributed by atoms with van der Waals surface area (Å²) in [7, 11) is 0. The number of esters is 1. The quantitative estimate of drug-likeness (QED) is 0.667. The minimum atomic E-state index is -0.411. The van der Waals surface area contributed by atoms with Crippen LogP contribution in [0.1, 0.15) is 40.0 Å². The van der Waals surface area contributed by atoms with Crippen LogP contribution in [0.3, 0.4) is 0 Å². The molecular formula is C13H25N2O3+. The fourth-order valence-corrected chi connectivity index (χ4v) is 2.23. The van der Waals surface area contributed by atoms with E-state index in [-0.39, 0.29) is 17.8 Å². The highest BCUT2D eigenvalue weighted by Gasteiger charge is 2.26. The first-order valence-corrected chi connectivity index (χ1v) is 6.62. The minimum Gasteiger partial charge on any atom is -0.460 e. The Morgan fingerprint density at radius 3 is 2.28 bits per heavy atom. The fourth-order valence-electron chi connectivity index (χ4n) is 2.23. The van der Waals surface area contributed by atoms with E-state index in [0.717, 1.165) is 32.5 Å². The molecule has 0 radical (unpaired) electrons. The number of rotatable bonds is 4. The summed E-state index contributed by atoms with van der Waals surface area (Å²) >= 11 is 0. The molecular weight excluding hydrogens is 232 g/mol. The minimum absolute atomic E-state index is 0.0234. The molecule has 0 spiro atoms. The van der Waals surface area contributed by atoms with Gasteiger partial charge >= 0.3 is 5.97 Å². The first-order chi connectivity index (χ1) is 8.28. The number of nitrogens with two attached hydrogens (primary N) is 1. The molecule has 5 heteroatoms. The van der Waals surface area contributed by atoms with E-state index in [9.17, 15) is 9.59 Å². The van der Waals surface area contributed by atoms with Crippen LogP contribution in [0.15, 0.2) is 0 Å². The highest BCUT2D eigenvalue weighted by atomic mass is 16.6. The Bertz CT molecular complexity index is 302. The molecule has 0 unspecified atom stereocenters. The Morgan fingerprint density at radius 2 is 1.83 bits per heavy atom. The Labute approximate surface area is 109 Å². The predicted molar refractivity (Wildman–Crippen MR) is 67.9 cm³/mol. The van der Waals surface area contributed by atoms with Crippen molar-refractivity contribution in [2.75, 3.05) is 19.6 Å². The summed E-state index contributed by atoms with van der Waals surface area (Å²) < 4.78 is 5.26.